The molecule has 1 heterocycles. The second-order valence-electron chi connectivity index (χ2n) is 8.99. The van der Waals surface area contributed by atoms with Gasteiger partial charge >= 0.3 is 0 Å². The van der Waals surface area contributed by atoms with Gasteiger partial charge in [0.1, 0.15) is 10.7 Å². The molecule has 3 aromatic rings. The third kappa shape index (κ3) is 6.60. The molecule has 0 atom stereocenters. The summed E-state index contributed by atoms with van der Waals surface area (Å²) >= 11 is 0. The first kappa shape index (κ1) is 31.0. The Bertz CT molecular complexity index is 1250. The number of thiol groups is 1. The van der Waals surface area contributed by atoms with Gasteiger partial charge in [-0.15, -0.1) is 24.8 Å². The number of hydrogen-bond donors (Lipinski definition) is 2. The van der Waals surface area contributed by atoms with E-state index >= 15 is 0 Å². The average Bonchev–Trinajstić information content (AvgIpc) is 2.87. The highest BCUT2D eigenvalue weighted by Gasteiger charge is 2.29. The van der Waals surface area contributed by atoms with Crippen molar-refractivity contribution in [2.24, 2.45) is 0 Å². The minimum atomic E-state index is -2.62. The molecule has 1 aromatic heterocycles. The highest BCUT2D eigenvalue weighted by atomic mass is 35.5. The standard InChI is InChI=1S/C27H35N3O4S.2ClH/c1-4-29(5-2)30(21-10-7-6-8-11-21)26-20(18-35(32)33)17-28-24-15-14-19(16-23(24)26)22-12-9-13-25(34-3)27(22)31;;/h9,12-17,21,31,35H,4-8,10-11,18H2,1-3H3;2*1H. The Morgan fingerprint density at radius 3 is 2.38 bits per heavy atom. The Kier molecular flexibility index (Phi) is 11.8. The third-order valence-corrected chi connectivity index (χ3v) is 7.53. The molecule has 204 valence electrons. The number of phenolic OH excluding ortho intramolecular Hbond substituents is 1. The van der Waals surface area contributed by atoms with Gasteiger partial charge in [0.05, 0.1) is 24.1 Å². The van der Waals surface area contributed by atoms with Crippen molar-refractivity contribution in [1.29, 1.82) is 0 Å². The van der Waals surface area contributed by atoms with Crippen LogP contribution in [0.5, 0.6) is 11.5 Å². The molecule has 0 aliphatic heterocycles. The minimum absolute atomic E-state index is 0. The average molecular weight is 571 g/mol. The number of phenols is 1. The van der Waals surface area contributed by atoms with Crippen LogP contribution in [0.3, 0.4) is 0 Å². The summed E-state index contributed by atoms with van der Waals surface area (Å²) in [5.41, 5.74) is 3.89. The monoisotopic (exact) mass is 569 g/mol. The molecule has 2 aromatic carbocycles. The first-order valence-corrected chi connectivity index (χ1v) is 13.8. The number of para-hydroxylation sites is 1. The van der Waals surface area contributed by atoms with Gasteiger partial charge in [-0.25, -0.2) is 13.4 Å². The number of aromatic hydroxyl groups is 1. The summed E-state index contributed by atoms with van der Waals surface area (Å²) in [5.74, 6) is 0.424. The van der Waals surface area contributed by atoms with E-state index in [1.807, 2.05) is 30.3 Å². The summed E-state index contributed by atoms with van der Waals surface area (Å²) in [6.45, 7) is 5.90. The summed E-state index contributed by atoms with van der Waals surface area (Å²) in [5, 5.41) is 16.3. The van der Waals surface area contributed by atoms with Gasteiger partial charge in [-0.1, -0.05) is 51.3 Å². The molecule has 4 rings (SSSR count). The van der Waals surface area contributed by atoms with Gasteiger partial charge in [0, 0.05) is 41.8 Å². The van der Waals surface area contributed by atoms with Gasteiger partial charge in [0.15, 0.2) is 11.5 Å². The van der Waals surface area contributed by atoms with Gasteiger partial charge in [-0.05, 0) is 36.6 Å². The summed E-state index contributed by atoms with van der Waals surface area (Å²) in [4.78, 5) is 4.62. The van der Waals surface area contributed by atoms with Crippen molar-refractivity contribution in [2.75, 3.05) is 25.2 Å². The molecule has 0 radical (unpaired) electrons. The maximum absolute atomic E-state index is 11.9. The Labute approximate surface area is 233 Å². The maximum atomic E-state index is 11.9. The zero-order chi connectivity index (χ0) is 24.9. The summed E-state index contributed by atoms with van der Waals surface area (Å²) in [6, 6.07) is 11.6. The van der Waals surface area contributed by atoms with E-state index in [1.165, 1.54) is 26.4 Å². The van der Waals surface area contributed by atoms with Crippen LogP contribution >= 0.6 is 24.8 Å². The van der Waals surface area contributed by atoms with Crippen molar-refractivity contribution >= 4 is 52.1 Å². The van der Waals surface area contributed by atoms with Crippen LogP contribution in [0.2, 0.25) is 0 Å². The van der Waals surface area contributed by atoms with Crippen molar-refractivity contribution in [3.8, 4) is 22.6 Å². The van der Waals surface area contributed by atoms with Gasteiger partial charge in [-0.3, -0.25) is 4.98 Å². The Balaban J connectivity index is 0.00000241. The van der Waals surface area contributed by atoms with Crippen molar-refractivity contribution in [1.82, 2.24) is 9.99 Å². The summed E-state index contributed by atoms with van der Waals surface area (Å²) in [6.07, 6.45) is 7.42. The number of nitrogens with zero attached hydrogens (tertiary/aromatic N) is 3. The first-order chi connectivity index (χ1) is 17.0. The number of anilines is 1. The van der Waals surface area contributed by atoms with Crippen LogP contribution in [-0.2, 0) is 16.5 Å². The lowest BCUT2D eigenvalue weighted by atomic mass is 9.93. The molecule has 10 heteroatoms. The molecule has 1 fully saturated rings. The number of fused-ring (bicyclic) bond motifs is 1. The number of hydrogen-bond acceptors (Lipinski definition) is 7. The molecule has 0 spiro atoms. The topological polar surface area (TPSA) is 83.0 Å². The van der Waals surface area contributed by atoms with E-state index in [0.717, 1.165) is 48.1 Å². The molecule has 1 aliphatic carbocycles. The van der Waals surface area contributed by atoms with Crippen LogP contribution < -0.4 is 9.75 Å². The normalized spacial score (nSPS) is 13.9. The van der Waals surface area contributed by atoms with E-state index in [2.05, 4.69) is 28.8 Å². The molecule has 0 amide bonds. The Hall–Kier alpha value is -2.26. The lowest BCUT2D eigenvalue weighted by Gasteiger charge is -2.44. The number of ether oxygens (including phenoxy) is 1. The van der Waals surface area contributed by atoms with Crippen LogP contribution in [0.15, 0.2) is 42.6 Å². The number of aromatic nitrogens is 1. The molecule has 0 unspecified atom stereocenters. The van der Waals surface area contributed by atoms with Gasteiger partial charge < -0.3 is 14.9 Å². The SMILES string of the molecule is CCN(CC)N(c1c(C[SH](=O)=O)cnc2ccc(-c3cccc(OC)c3O)cc12)C1CCCCC1.Cl.Cl. The molecular weight excluding hydrogens is 533 g/mol. The molecule has 0 bridgehead atoms. The van der Waals surface area contributed by atoms with Gasteiger partial charge in [-0.2, -0.15) is 0 Å². The van der Waals surface area contributed by atoms with Crippen molar-refractivity contribution in [3.05, 3.63) is 48.2 Å². The van der Waals surface area contributed by atoms with Crippen molar-refractivity contribution < 1.29 is 18.3 Å². The summed E-state index contributed by atoms with van der Waals surface area (Å²) < 4.78 is 29.1. The van der Waals surface area contributed by atoms with Crippen LogP contribution in [0.4, 0.5) is 5.69 Å². The lowest BCUT2D eigenvalue weighted by Crippen LogP contribution is -2.50. The Morgan fingerprint density at radius 1 is 1.05 bits per heavy atom. The van der Waals surface area contributed by atoms with Crippen LogP contribution in [0.25, 0.3) is 22.0 Å². The smallest absolute Gasteiger partial charge is 0.165 e. The minimum Gasteiger partial charge on any atom is -0.504 e. The number of halogens is 2. The summed E-state index contributed by atoms with van der Waals surface area (Å²) in [7, 11) is -1.09. The zero-order valence-corrected chi connectivity index (χ0v) is 24.1. The predicted molar refractivity (Wildman–Crippen MR) is 156 cm³/mol. The van der Waals surface area contributed by atoms with Gasteiger partial charge in [0.2, 0.25) is 0 Å². The molecule has 1 saturated carbocycles. The number of hydrazine groups is 1. The van der Waals surface area contributed by atoms with E-state index in [-0.39, 0.29) is 36.3 Å². The van der Waals surface area contributed by atoms with Crippen molar-refractivity contribution in [2.45, 2.75) is 57.7 Å². The van der Waals surface area contributed by atoms with Crippen molar-refractivity contribution in [3.63, 3.8) is 0 Å². The fraction of sp³-hybridized carbons (Fsp3) is 0.444. The number of benzene rings is 2. The van der Waals surface area contributed by atoms with Crippen LogP contribution in [0, 0.1) is 0 Å². The van der Waals surface area contributed by atoms with E-state index in [0.29, 0.717) is 22.9 Å². The predicted octanol–water partition coefficient (Wildman–Crippen LogP) is 5.97. The molecular formula is C27H37Cl2N3O4S. The van der Waals surface area contributed by atoms with E-state index in [4.69, 9.17) is 4.74 Å². The highest BCUT2D eigenvalue weighted by Crippen LogP contribution is 2.41. The number of methoxy groups -OCH3 is 1. The van der Waals surface area contributed by atoms with Gasteiger partial charge in [0.25, 0.3) is 0 Å². The first-order valence-electron chi connectivity index (χ1n) is 12.4. The van der Waals surface area contributed by atoms with E-state index in [9.17, 15) is 13.5 Å². The Morgan fingerprint density at radius 2 is 1.76 bits per heavy atom. The van der Waals surface area contributed by atoms with Crippen LogP contribution in [0.1, 0.15) is 51.5 Å². The quantitative estimate of drug-likeness (QED) is 0.242. The fourth-order valence-corrected chi connectivity index (χ4v) is 5.75. The zero-order valence-electron chi connectivity index (χ0n) is 21.6. The number of pyridine rings is 1. The maximum Gasteiger partial charge on any atom is 0.165 e. The molecule has 0 saturated heterocycles. The van der Waals surface area contributed by atoms with E-state index < -0.39 is 10.7 Å². The second kappa shape index (κ2) is 14.0. The number of rotatable bonds is 9. The molecule has 1 N–H and O–H groups in total. The van der Waals surface area contributed by atoms with Crippen LogP contribution in [-0.4, -0.2) is 49.8 Å². The largest absolute Gasteiger partial charge is 0.504 e. The third-order valence-electron chi connectivity index (χ3n) is 6.93. The molecule has 37 heavy (non-hydrogen) atoms. The highest BCUT2D eigenvalue weighted by molar-refractivity contribution is 7.71. The second-order valence-corrected chi connectivity index (χ2v) is 9.97. The fourth-order valence-electron chi connectivity index (χ4n) is 5.24. The van der Waals surface area contributed by atoms with E-state index in [1.54, 1.807) is 12.3 Å². The molecule has 7 nitrogen and oxygen atoms in total. The lowest BCUT2D eigenvalue weighted by molar-refractivity contribution is 0.220. The molecule has 1 aliphatic rings.